The Labute approximate surface area is 201 Å². The van der Waals surface area contributed by atoms with E-state index in [0.717, 1.165) is 35.1 Å². The molecular weight excluding hydrogens is 458 g/mol. The Hall–Kier alpha value is -3.49. The quantitative estimate of drug-likeness (QED) is 0.490. The van der Waals surface area contributed by atoms with Gasteiger partial charge in [0, 0.05) is 12.0 Å². The van der Waals surface area contributed by atoms with Gasteiger partial charge in [-0.2, -0.15) is 8.78 Å². The topological polar surface area (TPSA) is 105 Å². The highest BCUT2D eigenvalue weighted by Gasteiger charge is 2.42. The number of benzene rings is 2. The molecule has 9 heteroatoms. The summed E-state index contributed by atoms with van der Waals surface area (Å²) < 4.78 is 34.2. The van der Waals surface area contributed by atoms with Crippen LogP contribution in [-0.4, -0.2) is 48.2 Å². The molecule has 0 aliphatic heterocycles. The fourth-order valence-electron chi connectivity index (χ4n) is 5.07. The van der Waals surface area contributed by atoms with Crippen LogP contribution >= 0.6 is 0 Å². The second-order valence-corrected chi connectivity index (χ2v) is 9.11. The minimum Gasteiger partial charge on any atom is -0.481 e. The maximum absolute atomic E-state index is 14.5. The van der Waals surface area contributed by atoms with Gasteiger partial charge in [-0.25, -0.2) is 4.79 Å². The van der Waals surface area contributed by atoms with E-state index in [1.54, 1.807) is 0 Å². The van der Waals surface area contributed by atoms with Crippen molar-refractivity contribution < 1.29 is 33.0 Å². The van der Waals surface area contributed by atoms with Crippen LogP contribution in [0, 0.1) is 5.92 Å². The first-order valence-corrected chi connectivity index (χ1v) is 11.8. The second kappa shape index (κ2) is 10.4. The number of alkyl carbamates (subject to hydrolysis) is 1. The van der Waals surface area contributed by atoms with Crippen LogP contribution in [0.25, 0.3) is 11.1 Å². The van der Waals surface area contributed by atoms with E-state index in [4.69, 9.17) is 9.84 Å². The summed E-state index contributed by atoms with van der Waals surface area (Å²) in [7, 11) is 0. The number of hydrogen-bond donors (Lipinski definition) is 3. The van der Waals surface area contributed by atoms with Crippen molar-refractivity contribution in [3.8, 4) is 11.1 Å². The smallest absolute Gasteiger partial charge is 0.407 e. The fourth-order valence-corrected chi connectivity index (χ4v) is 5.07. The fraction of sp³-hybridized carbons (Fsp3) is 0.423. The lowest BCUT2D eigenvalue weighted by molar-refractivity contribution is -0.146. The standard InChI is InChI=1S/C26H28F2N2O5/c27-26(28,24(33)30-22(13-23(31)32)16-7-1-2-8-16)15-29-25(34)35-14-21-19-11-5-3-9-17(19)18-10-4-6-12-20(18)21/h3-6,9-12,16,21-22H,1-2,7-8,13-15H2,(H,29,34)(H,30,33)(H,31,32). The number of carboxylic acids is 1. The van der Waals surface area contributed by atoms with E-state index in [1.807, 2.05) is 53.8 Å². The number of nitrogens with one attached hydrogen (secondary N) is 2. The van der Waals surface area contributed by atoms with Gasteiger partial charge in [-0.05, 0) is 41.0 Å². The van der Waals surface area contributed by atoms with Gasteiger partial charge in [0.1, 0.15) is 6.61 Å². The summed E-state index contributed by atoms with van der Waals surface area (Å²) in [5.41, 5.74) is 4.06. The van der Waals surface area contributed by atoms with Crippen LogP contribution in [0.4, 0.5) is 13.6 Å². The van der Waals surface area contributed by atoms with Crippen molar-refractivity contribution in [2.45, 2.75) is 50.0 Å². The van der Waals surface area contributed by atoms with Gasteiger partial charge in [0.15, 0.2) is 0 Å². The van der Waals surface area contributed by atoms with E-state index < -0.39 is 42.9 Å². The van der Waals surface area contributed by atoms with E-state index in [-0.39, 0.29) is 18.4 Å². The molecule has 1 atom stereocenters. The molecule has 0 heterocycles. The number of fused-ring (bicyclic) bond motifs is 3. The molecule has 2 amide bonds. The summed E-state index contributed by atoms with van der Waals surface area (Å²) in [4.78, 5) is 35.6. The lowest BCUT2D eigenvalue weighted by atomic mass is 9.95. The largest absolute Gasteiger partial charge is 0.481 e. The monoisotopic (exact) mass is 486 g/mol. The van der Waals surface area contributed by atoms with Crippen molar-refractivity contribution in [3.05, 3.63) is 59.7 Å². The molecule has 2 aliphatic rings. The van der Waals surface area contributed by atoms with E-state index in [0.29, 0.717) is 12.8 Å². The second-order valence-electron chi connectivity index (χ2n) is 9.11. The number of amides is 2. The number of carboxylic acid groups (broad SMARTS) is 1. The first-order chi connectivity index (χ1) is 16.8. The van der Waals surface area contributed by atoms with Crippen LogP contribution in [0.15, 0.2) is 48.5 Å². The molecular formula is C26H28F2N2O5. The van der Waals surface area contributed by atoms with Crippen LogP contribution in [0.3, 0.4) is 0 Å². The van der Waals surface area contributed by atoms with Gasteiger partial charge in [0.05, 0.1) is 13.0 Å². The third-order valence-electron chi connectivity index (χ3n) is 6.81. The maximum atomic E-state index is 14.5. The summed E-state index contributed by atoms with van der Waals surface area (Å²) >= 11 is 0. The summed E-state index contributed by atoms with van der Waals surface area (Å²) in [6, 6.07) is 14.6. The SMILES string of the molecule is O=C(O)CC(NC(=O)C(F)(F)CNC(=O)OCC1c2ccccc2-c2ccccc21)C1CCCC1. The summed E-state index contributed by atoms with van der Waals surface area (Å²) in [5.74, 6) is -7.06. The van der Waals surface area contributed by atoms with Gasteiger partial charge < -0.3 is 20.5 Å². The third kappa shape index (κ3) is 5.61. The highest BCUT2D eigenvalue weighted by atomic mass is 19.3. The Morgan fingerprint density at radius 1 is 1.00 bits per heavy atom. The number of rotatable bonds is 9. The van der Waals surface area contributed by atoms with Crippen LogP contribution in [0.5, 0.6) is 0 Å². The predicted octanol–water partition coefficient (Wildman–Crippen LogP) is 4.31. The molecule has 0 aromatic heterocycles. The number of halogens is 2. The van der Waals surface area contributed by atoms with Crippen molar-refractivity contribution >= 4 is 18.0 Å². The van der Waals surface area contributed by atoms with E-state index in [1.165, 1.54) is 0 Å². The number of aliphatic carboxylic acids is 1. The van der Waals surface area contributed by atoms with Gasteiger partial charge in [-0.15, -0.1) is 0 Å². The number of carbonyl (C=O) groups is 3. The van der Waals surface area contributed by atoms with Gasteiger partial charge in [0.25, 0.3) is 5.91 Å². The molecule has 0 bridgehead atoms. The maximum Gasteiger partial charge on any atom is 0.407 e. The zero-order chi connectivity index (χ0) is 25.0. The minimum absolute atomic E-state index is 0.0417. The molecule has 1 saturated carbocycles. The molecule has 2 aromatic rings. The van der Waals surface area contributed by atoms with Crippen LogP contribution in [-0.2, 0) is 14.3 Å². The van der Waals surface area contributed by atoms with Gasteiger partial charge >= 0.3 is 18.0 Å². The van der Waals surface area contributed by atoms with E-state index in [2.05, 4.69) is 5.32 Å². The Bertz CT molecular complexity index is 1060. The molecule has 3 N–H and O–H groups in total. The van der Waals surface area contributed by atoms with Gasteiger partial charge in [-0.3, -0.25) is 9.59 Å². The van der Waals surface area contributed by atoms with Crippen molar-refractivity contribution in [2.24, 2.45) is 5.92 Å². The lowest BCUT2D eigenvalue weighted by Gasteiger charge is -2.26. The highest BCUT2D eigenvalue weighted by Crippen LogP contribution is 2.44. The van der Waals surface area contributed by atoms with Gasteiger partial charge in [-0.1, -0.05) is 61.4 Å². The van der Waals surface area contributed by atoms with Crippen LogP contribution in [0.2, 0.25) is 0 Å². The Balaban J connectivity index is 1.31. The van der Waals surface area contributed by atoms with Crippen molar-refractivity contribution in [1.82, 2.24) is 10.6 Å². The Kier molecular flexibility index (Phi) is 7.33. The molecule has 186 valence electrons. The third-order valence-corrected chi connectivity index (χ3v) is 6.81. The van der Waals surface area contributed by atoms with E-state index in [9.17, 15) is 23.2 Å². The first kappa shape index (κ1) is 24.6. The molecule has 2 aliphatic carbocycles. The molecule has 0 saturated heterocycles. The number of carbonyl (C=O) groups excluding carboxylic acids is 2. The lowest BCUT2D eigenvalue weighted by Crippen LogP contribution is -2.52. The predicted molar refractivity (Wildman–Crippen MR) is 124 cm³/mol. The summed E-state index contributed by atoms with van der Waals surface area (Å²) in [6.45, 7) is -1.29. The van der Waals surface area contributed by atoms with Crippen molar-refractivity contribution in [3.63, 3.8) is 0 Å². The summed E-state index contributed by atoms with van der Waals surface area (Å²) in [5, 5.41) is 13.3. The summed E-state index contributed by atoms with van der Waals surface area (Å²) in [6.07, 6.45) is 1.63. The normalized spacial score (nSPS) is 16.3. The number of hydrogen-bond acceptors (Lipinski definition) is 4. The molecule has 7 nitrogen and oxygen atoms in total. The van der Waals surface area contributed by atoms with Crippen LogP contribution in [0.1, 0.15) is 49.1 Å². The highest BCUT2D eigenvalue weighted by molar-refractivity contribution is 5.85. The van der Waals surface area contributed by atoms with E-state index >= 15 is 0 Å². The Morgan fingerprint density at radius 2 is 1.57 bits per heavy atom. The van der Waals surface area contributed by atoms with Crippen molar-refractivity contribution in [1.29, 1.82) is 0 Å². The first-order valence-electron chi connectivity index (χ1n) is 11.8. The minimum atomic E-state index is -3.92. The zero-order valence-electron chi connectivity index (χ0n) is 19.1. The van der Waals surface area contributed by atoms with Crippen molar-refractivity contribution in [2.75, 3.05) is 13.2 Å². The Morgan fingerprint density at radius 3 is 2.14 bits per heavy atom. The molecule has 4 rings (SSSR count). The molecule has 1 fully saturated rings. The average Bonchev–Trinajstić information content (AvgIpc) is 3.48. The zero-order valence-corrected chi connectivity index (χ0v) is 19.1. The number of alkyl halides is 2. The molecule has 2 aromatic carbocycles. The molecule has 35 heavy (non-hydrogen) atoms. The van der Waals surface area contributed by atoms with Gasteiger partial charge in [0.2, 0.25) is 0 Å². The van der Waals surface area contributed by atoms with Crippen LogP contribution < -0.4 is 10.6 Å². The molecule has 0 radical (unpaired) electrons. The molecule has 1 unspecified atom stereocenters. The number of ether oxygens (including phenoxy) is 1. The molecule has 0 spiro atoms. The average molecular weight is 487 g/mol.